The van der Waals surface area contributed by atoms with E-state index in [2.05, 4.69) is 15.5 Å². The van der Waals surface area contributed by atoms with Gasteiger partial charge in [0.15, 0.2) is 12.4 Å². The lowest BCUT2D eigenvalue weighted by molar-refractivity contribution is -0.136. The summed E-state index contributed by atoms with van der Waals surface area (Å²) in [6, 6.07) is 8.82. The number of amides is 2. The summed E-state index contributed by atoms with van der Waals surface area (Å²) in [5, 5.41) is 6.74. The number of ether oxygens (including phenoxy) is 2. The molecule has 2 amide bonds. The minimum Gasteiger partial charge on any atom is -0.484 e. The third-order valence-electron chi connectivity index (χ3n) is 4.55. The Labute approximate surface area is 163 Å². The van der Waals surface area contributed by atoms with E-state index in [0.29, 0.717) is 37.0 Å². The molecule has 0 spiro atoms. The average molecular weight is 388 g/mol. The number of benzene rings is 1. The summed E-state index contributed by atoms with van der Waals surface area (Å²) >= 11 is 0. The van der Waals surface area contributed by atoms with Crippen LogP contribution in [0.5, 0.6) is 5.75 Å². The van der Waals surface area contributed by atoms with Gasteiger partial charge in [0.25, 0.3) is 5.91 Å². The Hall–Kier alpha value is -2.94. The highest BCUT2D eigenvalue weighted by atomic mass is 16.5. The first-order chi connectivity index (χ1) is 13.6. The van der Waals surface area contributed by atoms with Crippen LogP contribution < -0.4 is 10.1 Å². The highest BCUT2D eigenvalue weighted by Crippen LogP contribution is 2.27. The Morgan fingerprint density at radius 3 is 2.75 bits per heavy atom. The molecule has 2 aromatic rings. The molecule has 0 aliphatic carbocycles. The van der Waals surface area contributed by atoms with Crippen LogP contribution in [0.1, 0.15) is 24.1 Å². The summed E-state index contributed by atoms with van der Waals surface area (Å²) in [6.07, 6.45) is 0.594. The molecule has 28 heavy (non-hydrogen) atoms. The number of methoxy groups -OCH3 is 1. The van der Waals surface area contributed by atoms with Crippen molar-refractivity contribution < 1.29 is 23.6 Å². The molecule has 0 saturated carbocycles. The maximum atomic E-state index is 12.6. The number of piperidine rings is 1. The molecule has 9 nitrogen and oxygen atoms in total. The number of aryl methyl sites for hydroxylation is 1. The Morgan fingerprint density at radius 2 is 2.07 bits per heavy atom. The van der Waals surface area contributed by atoms with Crippen molar-refractivity contribution in [1.29, 1.82) is 0 Å². The van der Waals surface area contributed by atoms with Crippen LogP contribution in [0.4, 0.5) is 0 Å². The first-order valence-electron chi connectivity index (χ1n) is 9.11. The number of carbonyl (C=O) groups is 2. The SMILES string of the molecule is COCC(=O)N[C@@H]1CN(C(=O)COc2ccccc2)CC[C@@H]1c1nc(C)no1. The molecule has 3 rings (SSSR count). The van der Waals surface area contributed by atoms with E-state index >= 15 is 0 Å². The highest BCUT2D eigenvalue weighted by Gasteiger charge is 2.36. The number of hydrogen-bond acceptors (Lipinski definition) is 7. The lowest BCUT2D eigenvalue weighted by atomic mass is 9.91. The van der Waals surface area contributed by atoms with Gasteiger partial charge in [0, 0.05) is 20.2 Å². The van der Waals surface area contributed by atoms with Gasteiger partial charge in [-0.1, -0.05) is 23.4 Å². The van der Waals surface area contributed by atoms with Gasteiger partial charge in [-0.15, -0.1) is 0 Å². The Morgan fingerprint density at radius 1 is 1.29 bits per heavy atom. The number of carbonyl (C=O) groups excluding carboxylic acids is 2. The third kappa shape index (κ3) is 5.07. The topological polar surface area (TPSA) is 107 Å². The molecule has 150 valence electrons. The Bertz CT molecular complexity index is 795. The second kappa shape index (κ2) is 9.32. The van der Waals surface area contributed by atoms with E-state index in [1.165, 1.54) is 7.11 Å². The fourth-order valence-corrected chi connectivity index (χ4v) is 3.22. The van der Waals surface area contributed by atoms with Crippen molar-refractivity contribution in [1.82, 2.24) is 20.4 Å². The Balaban J connectivity index is 1.65. The highest BCUT2D eigenvalue weighted by molar-refractivity contribution is 5.79. The molecule has 9 heteroatoms. The van der Waals surface area contributed by atoms with Gasteiger partial charge >= 0.3 is 0 Å². The zero-order valence-corrected chi connectivity index (χ0v) is 16.0. The van der Waals surface area contributed by atoms with Crippen molar-refractivity contribution in [2.75, 3.05) is 33.4 Å². The minimum atomic E-state index is -0.350. The predicted octanol–water partition coefficient (Wildman–Crippen LogP) is 0.904. The van der Waals surface area contributed by atoms with E-state index in [4.69, 9.17) is 14.0 Å². The maximum absolute atomic E-state index is 12.6. The predicted molar refractivity (Wildman–Crippen MR) is 98.7 cm³/mol. The number of nitrogens with zero attached hydrogens (tertiary/aromatic N) is 3. The van der Waals surface area contributed by atoms with Crippen LogP contribution in [0.25, 0.3) is 0 Å². The molecule has 0 unspecified atom stereocenters. The maximum Gasteiger partial charge on any atom is 0.260 e. The molecule has 1 N–H and O–H groups in total. The smallest absolute Gasteiger partial charge is 0.260 e. The van der Waals surface area contributed by atoms with Gasteiger partial charge in [0.2, 0.25) is 11.8 Å². The van der Waals surface area contributed by atoms with Crippen molar-refractivity contribution in [3.05, 3.63) is 42.0 Å². The van der Waals surface area contributed by atoms with E-state index in [1.54, 1.807) is 24.0 Å². The molecule has 1 aromatic heterocycles. The van der Waals surface area contributed by atoms with Crippen molar-refractivity contribution in [2.45, 2.75) is 25.3 Å². The normalized spacial score (nSPS) is 19.3. The monoisotopic (exact) mass is 388 g/mol. The summed E-state index contributed by atoms with van der Waals surface area (Å²) in [5.74, 6) is 1.07. The zero-order valence-electron chi connectivity index (χ0n) is 16.0. The lowest BCUT2D eigenvalue weighted by Crippen LogP contribution is -2.54. The van der Waals surface area contributed by atoms with Gasteiger partial charge in [-0.2, -0.15) is 4.98 Å². The minimum absolute atomic E-state index is 0.0584. The molecule has 2 atom stereocenters. The van der Waals surface area contributed by atoms with Crippen molar-refractivity contribution in [2.24, 2.45) is 0 Å². The molecule has 1 aromatic carbocycles. The molecule has 2 heterocycles. The summed E-state index contributed by atoms with van der Waals surface area (Å²) in [6.45, 7) is 2.47. The largest absolute Gasteiger partial charge is 0.484 e. The number of likely N-dealkylation sites (tertiary alicyclic amines) is 1. The average Bonchev–Trinajstić information content (AvgIpc) is 3.13. The first-order valence-corrected chi connectivity index (χ1v) is 9.11. The van der Waals surface area contributed by atoms with Crippen LogP contribution >= 0.6 is 0 Å². The molecule has 0 radical (unpaired) electrons. The molecule has 1 aliphatic heterocycles. The second-order valence-electron chi connectivity index (χ2n) is 6.62. The van der Waals surface area contributed by atoms with Gasteiger partial charge in [-0.05, 0) is 25.5 Å². The summed E-state index contributed by atoms with van der Waals surface area (Å²) < 4.78 is 15.7. The van der Waals surface area contributed by atoms with Crippen molar-refractivity contribution in [3.8, 4) is 5.75 Å². The van der Waals surface area contributed by atoms with Crippen molar-refractivity contribution in [3.63, 3.8) is 0 Å². The molecule has 0 bridgehead atoms. The van der Waals surface area contributed by atoms with Crippen LogP contribution in [0.3, 0.4) is 0 Å². The number of hydrogen-bond donors (Lipinski definition) is 1. The second-order valence-corrected chi connectivity index (χ2v) is 6.62. The van der Waals surface area contributed by atoms with E-state index < -0.39 is 0 Å². The first kappa shape index (κ1) is 19.8. The fourth-order valence-electron chi connectivity index (χ4n) is 3.22. The summed E-state index contributed by atoms with van der Waals surface area (Å²) in [7, 11) is 1.45. The zero-order chi connectivity index (χ0) is 19.9. The van der Waals surface area contributed by atoms with E-state index in [-0.39, 0.29) is 37.0 Å². The number of nitrogens with one attached hydrogen (secondary N) is 1. The number of rotatable bonds is 7. The van der Waals surface area contributed by atoms with Gasteiger partial charge in [0.1, 0.15) is 12.4 Å². The molecule has 1 aliphatic rings. The van der Waals surface area contributed by atoms with Crippen LogP contribution in [0.2, 0.25) is 0 Å². The molecular weight excluding hydrogens is 364 g/mol. The van der Waals surface area contributed by atoms with Gasteiger partial charge in [-0.3, -0.25) is 9.59 Å². The fraction of sp³-hybridized carbons (Fsp3) is 0.474. The quantitative estimate of drug-likeness (QED) is 0.751. The van der Waals surface area contributed by atoms with Crippen LogP contribution in [0, 0.1) is 6.92 Å². The molecule has 1 fully saturated rings. The summed E-state index contributed by atoms with van der Waals surface area (Å²) in [5.41, 5.74) is 0. The van der Waals surface area contributed by atoms with Gasteiger partial charge in [-0.25, -0.2) is 0 Å². The molecule has 1 saturated heterocycles. The summed E-state index contributed by atoms with van der Waals surface area (Å²) in [4.78, 5) is 30.6. The Kier molecular flexibility index (Phi) is 6.59. The number of para-hydroxylation sites is 1. The third-order valence-corrected chi connectivity index (χ3v) is 4.55. The van der Waals surface area contributed by atoms with E-state index in [1.807, 2.05) is 18.2 Å². The van der Waals surface area contributed by atoms with E-state index in [0.717, 1.165) is 0 Å². The van der Waals surface area contributed by atoms with E-state index in [9.17, 15) is 9.59 Å². The van der Waals surface area contributed by atoms with Crippen molar-refractivity contribution >= 4 is 11.8 Å². The van der Waals surface area contributed by atoms with Gasteiger partial charge < -0.3 is 24.2 Å². The van der Waals surface area contributed by atoms with Crippen LogP contribution in [-0.4, -0.2) is 66.3 Å². The van der Waals surface area contributed by atoms with Crippen LogP contribution in [-0.2, 0) is 14.3 Å². The lowest BCUT2D eigenvalue weighted by Gasteiger charge is -2.37. The van der Waals surface area contributed by atoms with Gasteiger partial charge in [0.05, 0.1) is 12.0 Å². The van der Waals surface area contributed by atoms with Crippen LogP contribution in [0.15, 0.2) is 34.9 Å². The standard InChI is InChI=1S/C19H24N4O5/c1-13-20-19(28-22-13)15-8-9-23(10-16(15)21-17(24)11-26-2)18(25)12-27-14-6-4-3-5-7-14/h3-7,15-16H,8-12H2,1-2H3,(H,21,24)/t15-,16+/m0/s1. The number of aromatic nitrogens is 2. The molecular formula is C19H24N4O5.